The van der Waals surface area contributed by atoms with E-state index in [2.05, 4.69) is 46.2 Å². The van der Waals surface area contributed by atoms with Gasteiger partial charge in [0.05, 0.1) is 5.71 Å². The van der Waals surface area contributed by atoms with Crippen molar-refractivity contribution in [1.29, 1.82) is 0 Å². The smallest absolute Gasteiger partial charge is 0.336 e. The molecule has 1 aromatic carbocycles. The summed E-state index contributed by atoms with van der Waals surface area (Å²) in [6.07, 6.45) is 14.0. The average Bonchev–Trinajstić information content (AvgIpc) is 3.76. The summed E-state index contributed by atoms with van der Waals surface area (Å²) >= 11 is 0. The van der Waals surface area contributed by atoms with E-state index in [1.54, 1.807) is 13.0 Å². The summed E-state index contributed by atoms with van der Waals surface area (Å²) in [5.41, 5.74) is 6.53. The Morgan fingerprint density at radius 1 is 1.13 bits per heavy atom. The van der Waals surface area contributed by atoms with Crippen LogP contribution in [0.4, 0.5) is 13.6 Å². The zero-order chi connectivity index (χ0) is 27.6. The van der Waals surface area contributed by atoms with Gasteiger partial charge in [-0.25, -0.2) is 10.2 Å². The number of hydrogen-bond donors (Lipinski definition) is 3. The molecule has 0 heterocycles. The van der Waals surface area contributed by atoms with E-state index in [9.17, 15) is 9.90 Å². The molecule has 0 bridgehead atoms. The first-order valence-corrected chi connectivity index (χ1v) is 14.3. The number of alkyl halides is 2. The van der Waals surface area contributed by atoms with Gasteiger partial charge in [0.2, 0.25) is 0 Å². The number of carbonyl (C=O) groups excluding carboxylic acids is 1. The maximum Gasteiger partial charge on any atom is 0.336 e. The van der Waals surface area contributed by atoms with Crippen LogP contribution in [-0.2, 0) is 0 Å². The van der Waals surface area contributed by atoms with Crippen LogP contribution in [0.3, 0.4) is 0 Å². The molecule has 1 aromatic rings. The standard InChI is InChI=1S/C32H37F2N3O2/c1-4-32(33,34)31(39)16-15-27-25-13-11-22-17-23(36-37-29(38)35-3)12-14-24(22)28(25)26(18-30(27,31)2)21-9-7-20(8-10-21)19-5-6-19/h1,7-10,17,19,25-27,39H,5-6,11-16,18H2,2-3H3,(H2,35,37,38)/b36-23+/t25-,26-,27-,30-,31-/m0/s1. The minimum Gasteiger partial charge on any atom is -0.382 e. The molecule has 3 saturated carbocycles. The monoisotopic (exact) mass is 533 g/mol. The molecule has 6 rings (SSSR count). The predicted molar refractivity (Wildman–Crippen MR) is 147 cm³/mol. The zero-order valence-electron chi connectivity index (χ0n) is 22.7. The first-order valence-electron chi connectivity index (χ1n) is 14.3. The van der Waals surface area contributed by atoms with Crippen molar-refractivity contribution in [3.63, 3.8) is 0 Å². The Kier molecular flexibility index (Phi) is 6.26. The van der Waals surface area contributed by atoms with E-state index in [4.69, 9.17) is 6.42 Å². The number of halogens is 2. The van der Waals surface area contributed by atoms with E-state index in [0.29, 0.717) is 25.2 Å². The van der Waals surface area contributed by atoms with Crippen LogP contribution in [0.1, 0.15) is 87.7 Å². The normalized spacial score (nSPS) is 34.9. The van der Waals surface area contributed by atoms with Crippen molar-refractivity contribution < 1.29 is 18.7 Å². The number of terminal acetylenes is 1. The molecule has 0 radical (unpaired) electrons. The molecule has 5 aliphatic rings. The summed E-state index contributed by atoms with van der Waals surface area (Å²) < 4.78 is 30.5. The highest BCUT2D eigenvalue weighted by atomic mass is 19.3. The number of fused-ring (bicyclic) bond motifs is 4. The van der Waals surface area contributed by atoms with Crippen molar-refractivity contribution in [2.45, 2.75) is 88.1 Å². The van der Waals surface area contributed by atoms with Crippen molar-refractivity contribution >= 4 is 11.7 Å². The van der Waals surface area contributed by atoms with E-state index in [-0.39, 0.29) is 30.2 Å². The minimum absolute atomic E-state index is 0.0164. The molecule has 0 saturated heterocycles. The minimum atomic E-state index is -3.59. The van der Waals surface area contributed by atoms with Crippen molar-refractivity contribution in [3.8, 4) is 12.3 Å². The molecule has 0 spiro atoms. The van der Waals surface area contributed by atoms with E-state index < -0.39 is 16.9 Å². The number of carbonyl (C=O) groups is 1. The lowest BCUT2D eigenvalue weighted by Gasteiger charge is -2.55. The van der Waals surface area contributed by atoms with Gasteiger partial charge in [0, 0.05) is 18.4 Å². The molecule has 2 amide bonds. The number of nitrogens with zero attached hydrogens (tertiary/aromatic N) is 1. The summed E-state index contributed by atoms with van der Waals surface area (Å²) in [5, 5.41) is 18.5. The Bertz CT molecular complexity index is 1320. The van der Waals surface area contributed by atoms with Gasteiger partial charge >= 0.3 is 12.0 Å². The molecule has 0 unspecified atom stereocenters. The van der Waals surface area contributed by atoms with Gasteiger partial charge < -0.3 is 10.4 Å². The molecular formula is C32H37F2N3O2. The summed E-state index contributed by atoms with van der Waals surface area (Å²) in [6.45, 7) is 1.87. The lowest BCUT2D eigenvalue weighted by atomic mass is 9.50. The van der Waals surface area contributed by atoms with Gasteiger partial charge in [-0.05, 0) is 110 Å². The Morgan fingerprint density at radius 3 is 2.51 bits per heavy atom. The fraction of sp³-hybridized carbons (Fsp3) is 0.562. The first kappa shape index (κ1) is 26.3. The third-order valence-corrected chi connectivity index (χ3v) is 10.5. The molecule has 206 valence electrons. The molecule has 0 aromatic heterocycles. The Balaban J connectivity index is 1.44. The fourth-order valence-corrected chi connectivity index (χ4v) is 8.29. The number of hydrazone groups is 1. The van der Waals surface area contributed by atoms with Gasteiger partial charge in [-0.1, -0.05) is 36.8 Å². The number of nitrogens with one attached hydrogen (secondary N) is 2. The summed E-state index contributed by atoms with van der Waals surface area (Å²) in [5.74, 6) is -1.30. The average molecular weight is 534 g/mol. The lowest BCUT2D eigenvalue weighted by molar-refractivity contribution is -0.209. The van der Waals surface area contributed by atoms with Crippen LogP contribution in [0.15, 0.2) is 52.2 Å². The molecule has 5 atom stereocenters. The molecule has 7 heteroatoms. The highest BCUT2D eigenvalue weighted by Gasteiger charge is 2.71. The maximum absolute atomic E-state index is 15.3. The fourth-order valence-electron chi connectivity index (χ4n) is 8.29. The number of amides is 2. The third-order valence-electron chi connectivity index (χ3n) is 10.5. The molecule has 5 nitrogen and oxygen atoms in total. The van der Waals surface area contributed by atoms with Crippen LogP contribution >= 0.6 is 0 Å². The number of urea groups is 1. The van der Waals surface area contributed by atoms with Crippen LogP contribution in [0.2, 0.25) is 0 Å². The third kappa shape index (κ3) is 4.06. The Morgan fingerprint density at radius 2 is 1.85 bits per heavy atom. The summed E-state index contributed by atoms with van der Waals surface area (Å²) in [4.78, 5) is 11.6. The highest BCUT2D eigenvalue weighted by molar-refractivity contribution is 5.98. The molecule has 0 aliphatic heterocycles. The maximum atomic E-state index is 15.3. The largest absolute Gasteiger partial charge is 0.382 e. The number of aliphatic hydroxyl groups is 1. The summed E-state index contributed by atoms with van der Waals surface area (Å²) in [7, 11) is 1.55. The number of rotatable bonds is 4. The molecule has 39 heavy (non-hydrogen) atoms. The van der Waals surface area contributed by atoms with E-state index in [1.807, 2.05) is 6.92 Å². The van der Waals surface area contributed by atoms with E-state index in [0.717, 1.165) is 30.5 Å². The zero-order valence-corrected chi connectivity index (χ0v) is 22.7. The van der Waals surface area contributed by atoms with Crippen LogP contribution in [0.5, 0.6) is 0 Å². The van der Waals surface area contributed by atoms with Crippen molar-refractivity contribution in [2.75, 3.05) is 7.05 Å². The van der Waals surface area contributed by atoms with Crippen molar-refractivity contribution in [2.24, 2.45) is 22.4 Å². The summed E-state index contributed by atoms with van der Waals surface area (Å²) in [6, 6.07) is 8.41. The second-order valence-electron chi connectivity index (χ2n) is 12.4. The van der Waals surface area contributed by atoms with Gasteiger partial charge in [0.1, 0.15) is 5.60 Å². The molecule has 3 fully saturated rings. The number of hydrogen-bond acceptors (Lipinski definition) is 3. The first-order chi connectivity index (χ1) is 18.6. The van der Waals surface area contributed by atoms with Gasteiger partial charge in [-0.2, -0.15) is 13.9 Å². The van der Waals surface area contributed by atoms with E-state index >= 15 is 8.78 Å². The van der Waals surface area contributed by atoms with Crippen LogP contribution in [-0.4, -0.2) is 35.4 Å². The Labute approximate surface area is 229 Å². The van der Waals surface area contributed by atoms with Gasteiger partial charge in [-0.15, -0.1) is 6.42 Å². The van der Waals surface area contributed by atoms with Crippen LogP contribution in [0.25, 0.3) is 0 Å². The van der Waals surface area contributed by atoms with Crippen LogP contribution in [0, 0.1) is 29.6 Å². The molecule has 3 N–H and O–H groups in total. The van der Waals surface area contributed by atoms with Gasteiger partial charge in [-0.3, -0.25) is 0 Å². The molecular weight excluding hydrogens is 496 g/mol. The molecule has 5 aliphatic carbocycles. The second-order valence-corrected chi connectivity index (χ2v) is 12.4. The van der Waals surface area contributed by atoms with Crippen LogP contribution < -0.4 is 10.7 Å². The van der Waals surface area contributed by atoms with Gasteiger partial charge in [0.15, 0.2) is 0 Å². The Hall–Kier alpha value is -2.98. The highest BCUT2D eigenvalue weighted by Crippen LogP contribution is 2.69. The quantitative estimate of drug-likeness (QED) is 0.320. The van der Waals surface area contributed by atoms with Gasteiger partial charge in [0.25, 0.3) is 0 Å². The van der Waals surface area contributed by atoms with Crippen molar-refractivity contribution in [3.05, 3.63) is 58.2 Å². The van der Waals surface area contributed by atoms with E-state index in [1.165, 1.54) is 35.1 Å². The lowest BCUT2D eigenvalue weighted by Crippen LogP contribution is -2.60. The number of allylic oxidation sites excluding steroid dienone is 4. The topological polar surface area (TPSA) is 73.7 Å². The second kappa shape index (κ2) is 9.30. The SMILES string of the molecule is C#CC(F)(F)[C@]1(O)CC[C@H]2[C@@H]3CCC4=C/C(=N/NC(=O)NC)CCC4=C3[C@H](c3ccc(C4CC4)cc3)C[C@@]21C. The predicted octanol–water partition coefficient (Wildman–Crippen LogP) is 6.18. The van der Waals surface area contributed by atoms with Crippen molar-refractivity contribution in [1.82, 2.24) is 10.7 Å². The number of benzene rings is 1.